The first-order valence-electron chi connectivity index (χ1n) is 10.2. The number of nitrogens with two attached hydrogens (primary N) is 3. The number of aliphatic hydroxyl groups excluding tert-OH is 1. The van der Waals surface area contributed by atoms with Crippen molar-refractivity contribution >= 4 is 54.0 Å². The molecule has 5 unspecified atom stereocenters. The van der Waals surface area contributed by atoms with Gasteiger partial charge in [-0.05, 0) is 38.2 Å². The van der Waals surface area contributed by atoms with Gasteiger partial charge in [-0.1, -0.05) is 0 Å². The van der Waals surface area contributed by atoms with Gasteiger partial charge in [0.25, 0.3) is 0 Å². The summed E-state index contributed by atoms with van der Waals surface area (Å²) in [5.41, 5.74) is 16.2. The molecule has 0 radical (unpaired) electrons. The van der Waals surface area contributed by atoms with Crippen LogP contribution in [0.3, 0.4) is 0 Å². The number of nitrogens with one attached hydrogen (secondary N) is 3. The van der Waals surface area contributed by atoms with Crippen molar-refractivity contribution in [3.8, 4) is 0 Å². The highest BCUT2D eigenvalue weighted by atomic mass is 32.2. The highest BCUT2D eigenvalue weighted by Gasteiger charge is 2.31. The number of thioether (sulfide) groups is 1. The standard InChI is InChI=1S/C18H35N7O6S2/c1-9(26)13(25-14(27)10(19)5-7-33-2)16(29)24-12(8-32)15(28)23-11(17(30)31)4-3-6-22-18(20)21/h9-13,26,32H,3-8,19H2,1-2H3,(H,23,28)(H,24,29)(H,25,27)(H,30,31)(H4,20,21,22). The molecule has 3 amide bonds. The van der Waals surface area contributed by atoms with E-state index in [4.69, 9.17) is 17.2 Å². The average molecular weight is 510 g/mol. The smallest absolute Gasteiger partial charge is 0.326 e. The number of aliphatic imine (C=N–C) groups is 1. The minimum atomic E-state index is -1.37. The molecule has 0 aliphatic rings. The van der Waals surface area contributed by atoms with Crippen molar-refractivity contribution in [2.75, 3.05) is 24.3 Å². The third-order valence-electron chi connectivity index (χ3n) is 4.41. The number of guanidine groups is 1. The number of carboxylic acids is 1. The Hall–Kier alpha value is -2.23. The van der Waals surface area contributed by atoms with Gasteiger partial charge in [-0.3, -0.25) is 19.4 Å². The molecule has 190 valence electrons. The largest absolute Gasteiger partial charge is 0.480 e. The summed E-state index contributed by atoms with van der Waals surface area (Å²) in [6.07, 6.45) is 1.29. The molecule has 0 aliphatic heterocycles. The summed E-state index contributed by atoms with van der Waals surface area (Å²) in [5.74, 6) is -3.18. The Bertz CT molecular complexity index is 691. The van der Waals surface area contributed by atoms with E-state index in [1.165, 1.54) is 18.7 Å². The van der Waals surface area contributed by atoms with E-state index in [-0.39, 0.29) is 24.7 Å². The van der Waals surface area contributed by atoms with Crippen molar-refractivity contribution in [1.29, 1.82) is 0 Å². The first kappa shape index (κ1) is 30.8. The number of nitrogens with zero attached hydrogens (tertiary/aromatic N) is 1. The lowest BCUT2D eigenvalue weighted by Gasteiger charge is -2.25. The number of carboxylic acid groups (broad SMARTS) is 1. The van der Waals surface area contributed by atoms with Gasteiger partial charge in [-0.25, -0.2) is 4.79 Å². The number of rotatable bonds is 16. The predicted octanol–water partition coefficient (Wildman–Crippen LogP) is -3.03. The molecule has 0 bridgehead atoms. The SMILES string of the molecule is CSCCC(N)C(=O)NC(C(=O)NC(CS)C(=O)NC(CCCN=C(N)N)C(=O)O)C(C)O. The van der Waals surface area contributed by atoms with Gasteiger partial charge in [-0.15, -0.1) is 0 Å². The second-order valence-corrected chi connectivity index (χ2v) is 8.56. The fraction of sp³-hybridized carbons (Fsp3) is 0.722. The van der Waals surface area contributed by atoms with Crippen LogP contribution in [0.2, 0.25) is 0 Å². The topological polar surface area (TPSA) is 235 Å². The minimum Gasteiger partial charge on any atom is -0.480 e. The van der Waals surface area contributed by atoms with E-state index >= 15 is 0 Å². The Morgan fingerprint density at radius 1 is 1.03 bits per heavy atom. The maximum atomic E-state index is 12.6. The Kier molecular flexibility index (Phi) is 15.3. The predicted molar refractivity (Wildman–Crippen MR) is 130 cm³/mol. The molecule has 15 heteroatoms. The molecule has 13 nitrogen and oxygen atoms in total. The number of thiol groups is 1. The van der Waals surface area contributed by atoms with E-state index in [2.05, 4.69) is 33.6 Å². The summed E-state index contributed by atoms with van der Waals surface area (Å²) >= 11 is 5.54. The fourth-order valence-corrected chi connectivity index (χ4v) is 3.28. The summed E-state index contributed by atoms with van der Waals surface area (Å²) in [6, 6.07) is -4.70. The molecule has 0 saturated heterocycles. The second-order valence-electron chi connectivity index (χ2n) is 7.21. The normalized spacial score (nSPS) is 15.3. The van der Waals surface area contributed by atoms with Crippen molar-refractivity contribution in [2.24, 2.45) is 22.2 Å². The monoisotopic (exact) mass is 509 g/mol. The summed E-state index contributed by atoms with van der Waals surface area (Å²) < 4.78 is 0. The number of aliphatic carboxylic acids is 1. The van der Waals surface area contributed by atoms with Crippen LogP contribution in [0, 0.1) is 0 Å². The van der Waals surface area contributed by atoms with Gasteiger partial charge in [0.1, 0.15) is 18.1 Å². The zero-order valence-electron chi connectivity index (χ0n) is 18.7. The molecule has 0 rings (SSSR count). The van der Waals surface area contributed by atoms with E-state index in [1.807, 2.05) is 6.26 Å². The van der Waals surface area contributed by atoms with Crippen molar-refractivity contribution in [1.82, 2.24) is 16.0 Å². The lowest BCUT2D eigenvalue weighted by molar-refractivity contribution is -0.142. The molecule has 0 aromatic heterocycles. The Balaban J connectivity index is 5.07. The lowest BCUT2D eigenvalue weighted by Crippen LogP contribution is -2.60. The molecular weight excluding hydrogens is 474 g/mol. The van der Waals surface area contributed by atoms with Gasteiger partial charge in [0.05, 0.1) is 12.1 Å². The molecule has 0 fully saturated rings. The third-order valence-corrected chi connectivity index (χ3v) is 5.42. The maximum absolute atomic E-state index is 12.6. The highest BCUT2D eigenvalue weighted by molar-refractivity contribution is 7.98. The van der Waals surface area contributed by atoms with Gasteiger partial charge in [0.15, 0.2) is 5.96 Å². The van der Waals surface area contributed by atoms with Gasteiger partial charge in [-0.2, -0.15) is 24.4 Å². The summed E-state index contributed by atoms with van der Waals surface area (Å²) in [6.45, 7) is 1.48. The first-order valence-corrected chi connectivity index (χ1v) is 12.2. The molecule has 11 N–H and O–H groups in total. The van der Waals surface area contributed by atoms with Crippen LogP contribution in [0.25, 0.3) is 0 Å². The van der Waals surface area contributed by atoms with Crippen LogP contribution < -0.4 is 33.2 Å². The number of aliphatic hydroxyl groups is 1. The first-order chi connectivity index (χ1) is 15.4. The molecule has 33 heavy (non-hydrogen) atoms. The van der Waals surface area contributed by atoms with E-state index in [0.717, 1.165) is 0 Å². The van der Waals surface area contributed by atoms with E-state index in [9.17, 15) is 29.4 Å². The molecule has 0 heterocycles. The van der Waals surface area contributed by atoms with Crippen molar-refractivity contribution in [2.45, 2.75) is 56.5 Å². The van der Waals surface area contributed by atoms with Crippen LogP contribution in [0.5, 0.6) is 0 Å². The molecule has 0 aromatic carbocycles. The van der Waals surface area contributed by atoms with E-state index in [1.54, 1.807) is 0 Å². The summed E-state index contributed by atoms with van der Waals surface area (Å²) in [5, 5.41) is 26.4. The quantitative estimate of drug-likeness (QED) is 0.0441. The Morgan fingerprint density at radius 2 is 1.64 bits per heavy atom. The summed E-state index contributed by atoms with van der Waals surface area (Å²) in [4.78, 5) is 52.6. The van der Waals surface area contributed by atoms with Crippen molar-refractivity contribution < 1.29 is 29.4 Å². The number of amides is 3. The van der Waals surface area contributed by atoms with Crippen LogP contribution in [0.1, 0.15) is 26.2 Å². The van der Waals surface area contributed by atoms with Crippen LogP contribution >= 0.6 is 24.4 Å². The van der Waals surface area contributed by atoms with Gasteiger partial charge in [0, 0.05) is 12.3 Å². The van der Waals surface area contributed by atoms with E-state index in [0.29, 0.717) is 18.6 Å². The van der Waals surface area contributed by atoms with Crippen LogP contribution in [0.4, 0.5) is 0 Å². The molecule has 0 aliphatic carbocycles. The van der Waals surface area contributed by atoms with Gasteiger partial charge < -0.3 is 43.4 Å². The molecular formula is C18H35N7O6S2. The zero-order chi connectivity index (χ0) is 25.6. The molecule has 0 aromatic rings. The number of hydrogen-bond acceptors (Lipinski definition) is 9. The van der Waals surface area contributed by atoms with Gasteiger partial charge in [0.2, 0.25) is 17.7 Å². The lowest BCUT2D eigenvalue weighted by atomic mass is 10.1. The second kappa shape index (κ2) is 16.4. The average Bonchev–Trinajstić information content (AvgIpc) is 2.74. The van der Waals surface area contributed by atoms with Crippen LogP contribution in [-0.4, -0.2) is 94.4 Å². The van der Waals surface area contributed by atoms with Crippen molar-refractivity contribution in [3.63, 3.8) is 0 Å². The van der Waals surface area contributed by atoms with E-state index < -0.39 is 54.0 Å². The summed E-state index contributed by atoms with van der Waals surface area (Å²) in [7, 11) is 0. The minimum absolute atomic E-state index is 0.0470. The number of hydrogen-bond donors (Lipinski definition) is 9. The maximum Gasteiger partial charge on any atom is 0.326 e. The highest BCUT2D eigenvalue weighted by Crippen LogP contribution is 2.03. The zero-order valence-corrected chi connectivity index (χ0v) is 20.4. The Morgan fingerprint density at radius 3 is 2.12 bits per heavy atom. The number of carbonyl (C=O) groups is 4. The number of carbonyl (C=O) groups excluding carboxylic acids is 3. The van der Waals surface area contributed by atoms with Crippen LogP contribution in [-0.2, 0) is 19.2 Å². The van der Waals surface area contributed by atoms with Crippen LogP contribution in [0.15, 0.2) is 4.99 Å². The molecule has 5 atom stereocenters. The molecule has 0 saturated carbocycles. The van der Waals surface area contributed by atoms with Gasteiger partial charge >= 0.3 is 5.97 Å². The fourth-order valence-electron chi connectivity index (χ4n) is 2.53. The third kappa shape index (κ3) is 12.6. The molecule has 0 spiro atoms. The Labute approximate surface area is 202 Å². The van der Waals surface area contributed by atoms with Crippen molar-refractivity contribution in [3.05, 3.63) is 0 Å².